The van der Waals surface area contributed by atoms with Gasteiger partial charge in [-0.15, -0.1) is 0 Å². The van der Waals surface area contributed by atoms with Crippen LogP contribution in [-0.4, -0.2) is 16.1 Å². The van der Waals surface area contributed by atoms with Crippen LogP contribution in [-0.2, 0) is 0 Å². The summed E-state index contributed by atoms with van der Waals surface area (Å²) in [6, 6.07) is 9.07. The standard InChI is InChI=1S/C15H19N3/c1-11-5-6-12(2)18(11)15-8-7-13(10-17-15)14-4-3-9-16-14/h5-8,10,14,16H,3-4,9H2,1-2H3. The van der Waals surface area contributed by atoms with Crippen LogP contribution in [0.3, 0.4) is 0 Å². The van der Waals surface area contributed by atoms with Crippen LogP contribution in [0.15, 0.2) is 30.5 Å². The van der Waals surface area contributed by atoms with E-state index in [2.05, 4.69) is 53.0 Å². The van der Waals surface area contributed by atoms with E-state index in [9.17, 15) is 0 Å². The number of rotatable bonds is 2. The number of aryl methyl sites for hydroxylation is 2. The summed E-state index contributed by atoms with van der Waals surface area (Å²) in [7, 11) is 0. The molecule has 0 amide bonds. The van der Waals surface area contributed by atoms with Crippen LogP contribution < -0.4 is 5.32 Å². The number of hydrogen-bond donors (Lipinski definition) is 1. The molecule has 94 valence electrons. The average Bonchev–Trinajstić information content (AvgIpc) is 3.01. The minimum atomic E-state index is 0.499. The number of hydrogen-bond acceptors (Lipinski definition) is 2. The second-order valence-corrected chi connectivity index (χ2v) is 5.05. The maximum absolute atomic E-state index is 4.61. The lowest BCUT2D eigenvalue weighted by atomic mass is 10.1. The molecule has 1 aliphatic heterocycles. The van der Waals surface area contributed by atoms with Gasteiger partial charge in [0.05, 0.1) is 0 Å². The Morgan fingerprint density at radius 3 is 2.50 bits per heavy atom. The molecule has 1 fully saturated rings. The first-order chi connectivity index (χ1) is 8.75. The Morgan fingerprint density at radius 2 is 1.94 bits per heavy atom. The molecule has 3 nitrogen and oxygen atoms in total. The Kier molecular flexibility index (Phi) is 2.92. The Hall–Kier alpha value is -1.61. The van der Waals surface area contributed by atoms with Gasteiger partial charge < -0.3 is 9.88 Å². The molecule has 0 aromatic carbocycles. The quantitative estimate of drug-likeness (QED) is 0.876. The molecule has 18 heavy (non-hydrogen) atoms. The average molecular weight is 241 g/mol. The van der Waals surface area contributed by atoms with Crippen LogP contribution >= 0.6 is 0 Å². The van der Waals surface area contributed by atoms with E-state index >= 15 is 0 Å². The van der Waals surface area contributed by atoms with Gasteiger partial charge in [-0.25, -0.2) is 4.98 Å². The molecule has 0 radical (unpaired) electrons. The van der Waals surface area contributed by atoms with Crippen molar-refractivity contribution in [3.8, 4) is 5.82 Å². The van der Waals surface area contributed by atoms with E-state index in [1.54, 1.807) is 0 Å². The van der Waals surface area contributed by atoms with Crippen molar-refractivity contribution in [2.24, 2.45) is 0 Å². The van der Waals surface area contributed by atoms with Gasteiger partial charge in [0.15, 0.2) is 0 Å². The molecule has 1 atom stereocenters. The lowest BCUT2D eigenvalue weighted by molar-refractivity contribution is 0.644. The third kappa shape index (κ3) is 1.95. The first kappa shape index (κ1) is 11.5. The Morgan fingerprint density at radius 1 is 1.17 bits per heavy atom. The second kappa shape index (κ2) is 4.58. The highest BCUT2D eigenvalue weighted by molar-refractivity contribution is 5.33. The van der Waals surface area contributed by atoms with Crippen molar-refractivity contribution in [2.45, 2.75) is 32.7 Å². The fourth-order valence-corrected chi connectivity index (χ4v) is 2.73. The molecular formula is C15H19N3. The molecule has 1 N–H and O–H groups in total. The molecule has 2 aromatic heterocycles. The van der Waals surface area contributed by atoms with Crippen molar-refractivity contribution in [1.82, 2.24) is 14.9 Å². The van der Waals surface area contributed by atoms with Gasteiger partial charge in [-0.1, -0.05) is 6.07 Å². The fourth-order valence-electron chi connectivity index (χ4n) is 2.73. The van der Waals surface area contributed by atoms with Crippen molar-refractivity contribution in [2.75, 3.05) is 6.54 Å². The SMILES string of the molecule is Cc1ccc(C)n1-c1ccc(C2CCCN2)cn1. The van der Waals surface area contributed by atoms with Crippen LogP contribution in [0.1, 0.15) is 35.8 Å². The summed E-state index contributed by atoms with van der Waals surface area (Å²) in [6.07, 6.45) is 4.50. The summed E-state index contributed by atoms with van der Waals surface area (Å²) < 4.78 is 2.19. The first-order valence-electron chi connectivity index (χ1n) is 6.60. The highest BCUT2D eigenvalue weighted by atomic mass is 15.1. The van der Waals surface area contributed by atoms with E-state index in [0.717, 1.165) is 12.4 Å². The topological polar surface area (TPSA) is 29.9 Å². The first-order valence-corrected chi connectivity index (χ1v) is 6.60. The Balaban J connectivity index is 1.91. The number of nitrogens with one attached hydrogen (secondary N) is 1. The van der Waals surface area contributed by atoms with Crippen molar-refractivity contribution in [1.29, 1.82) is 0 Å². The largest absolute Gasteiger partial charge is 0.310 e. The summed E-state index contributed by atoms with van der Waals surface area (Å²) in [4.78, 5) is 4.61. The van der Waals surface area contributed by atoms with Crippen LogP contribution in [0.2, 0.25) is 0 Å². The maximum Gasteiger partial charge on any atom is 0.136 e. The molecule has 2 aromatic rings. The van der Waals surface area contributed by atoms with Gasteiger partial charge in [0.2, 0.25) is 0 Å². The third-order valence-corrected chi connectivity index (χ3v) is 3.73. The zero-order valence-corrected chi connectivity index (χ0v) is 11.0. The van der Waals surface area contributed by atoms with Crippen molar-refractivity contribution >= 4 is 0 Å². The molecule has 1 unspecified atom stereocenters. The fraction of sp³-hybridized carbons (Fsp3) is 0.400. The number of pyridine rings is 1. The predicted octanol–water partition coefficient (Wildman–Crippen LogP) is 2.91. The van der Waals surface area contributed by atoms with Gasteiger partial charge in [-0.2, -0.15) is 0 Å². The van der Waals surface area contributed by atoms with Crippen LogP contribution in [0.25, 0.3) is 5.82 Å². The molecule has 0 spiro atoms. The molecule has 3 rings (SSSR count). The molecule has 0 saturated carbocycles. The molecule has 0 aliphatic carbocycles. The van der Waals surface area contributed by atoms with Crippen LogP contribution in [0, 0.1) is 13.8 Å². The van der Waals surface area contributed by atoms with Crippen LogP contribution in [0.5, 0.6) is 0 Å². The van der Waals surface area contributed by atoms with Crippen LogP contribution in [0.4, 0.5) is 0 Å². The summed E-state index contributed by atoms with van der Waals surface area (Å²) >= 11 is 0. The van der Waals surface area contributed by atoms with Crippen molar-refractivity contribution in [3.05, 3.63) is 47.4 Å². The molecule has 0 bridgehead atoms. The number of nitrogens with zero attached hydrogens (tertiary/aromatic N) is 2. The van der Waals surface area contributed by atoms with E-state index in [-0.39, 0.29) is 0 Å². The maximum atomic E-state index is 4.61. The zero-order chi connectivity index (χ0) is 12.5. The predicted molar refractivity (Wildman–Crippen MR) is 73.0 cm³/mol. The molecule has 1 saturated heterocycles. The highest BCUT2D eigenvalue weighted by Gasteiger charge is 2.16. The molecule has 3 heterocycles. The van der Waals surface area contributed by atoms with E-state index in [0.29, 0.717) is 6.04 Å². The third-order valence-electron chi connectivity index (χ3n) is 3.73. The van der Waals surface area contributed by atoms with Gasteiger partial charge in [-0.3, -0.25) is 0 Å². The van der Waals surface area contributed by atoms with E-state index < -0.39 is 0 Å². The highest BCUT2D eigenvalue weighted by Crippen LogP contribution is 2.23. The zero-order valence-electron chi connectivity index (χ0n) is 11.0. The lowest BCUT2D eigenvalue weighted by Gasteiger charge is -2.12. The second-order valence-electron chi connectivity index (χ2n) is 5.05. The van der Waals surface area contributed by atoms with Gasteiger partial charge in [-0.05, 0) is 57.0 Å². The Bertz CT molecular complexity index is 514. The normalized spacial score (nSPS) is 19.3. The van der Waals surface area contributed by atoms with Gasteiger partial charge in [0.1, 0.15) is 5.82 Å². The lowest BCUT2D eigenvalue weighted by Crippen LogP contribution is -2.13. The molecule has 1 aliphatic rings. The van der Waals surface area contributed by atoms with E-state index in [1.807, 2.05) is 6.20 Å². The summed E-state index contributed by atoms with van der Waals surface area (Å²) in [5, 5.41) is 3.50. The smallest absolute Gasteiger partial charge is 0.136 e. The van der Waals surface area contributed by atoms with Gasteiger partial charge in [0.25, 0.3) is 0 Å². The summed E-state index contributed by atoms with van der Waals surface area (Å²) in [5.74, 6) is 1.01. The van der Waals surface area contributed by atoms with E-state index in [4.69, 9.17) is 0 Å². The number of aromatic nitrogens is 2. The molecule has 3 heteroatoms. The summed E-state index contributed by atoms with van der Waals surface area (Å²) in [6.45, 7) is 5.35. The molecular weight excluding hydrogens is 222 g/mol. The minimum absolute atomic E-state index is 0.499. The van der Waals surface area contributed by atoms with Crippen molar-refractivity contribution < 1.29 is 0 Å². The van der Waals surface area contributed by atoms with Gasteiger partial charge in [0, 0.05) is 23.6 Å². The van der Waals surface area contributed by atoms with E-state index in [1.165, 1.54) is 29.8 Å². The minimum Gasteiger partial charge on any atom is -0.310 e. The van der Waals surface area contributed by atoms with Gasteiger partial charge >= 0.3 is 0 Å². The summed E-state index contributed by atoms with van der Waals surface area (Å²) in [5.41, 5.74) is 3.76. The Labute approximate surface area is 108 Å². The van der Waals surface area contributed by atoms with Crippen molar-refractivity contribution in [3.63, 3.8) is 0 Å². The monoisotopic (exact) mass is 241 g/mol.